The fraction of sp³-hybridized carbons (Fsp3) is 0.417. The van der Waals surface area contributed by atoms with Crippen LogP contribution in [0.1, 0.15) is 37.4 Å². The second kappa shape index (κ2) is 8.26. The summed E-state index contributed by atoms with van der Waals surface area (Å²) < 4.78 is 10.8. The van der Waals surface area contributed by atoms with E-state index in [1.807, 2.05) is 54.6 Å². The predicted molar refractivity (Wildman–Crippen MR) is 121 cm³/mol. The van der Waals surface area contributed by atoms with Gasteiger partial charge in [-0.1, -0.05) is 82.4 Å². The van der Waals surface area contributed by atoms with Crippen LogP contribution < -0.4 is 4.90 Å². The van der Waals surface area contributed by atoms with Crippen LogP contribution in [0, 0.1) is 0 Å². The molecule has 6 heteroatoms. The summed E-state index contributed by atoms with van der Waals surface area (Å²) in [6.45, 7) is 11.4. The number of carbonyl (C=O) groups excluding carboxylic acids is 2. The number of hydrogen-bond acceptors (Lipinski definition) is 4. The molecule has 1 amide bonds. The van der Waals surface area contributed by atoms with Crippen LogP contribution in [0.3, 0.4) is 0 Å². The number of para-hydroxylation sites is 1. The first-order chi connectivity index (χ1) is 14.1. The fourth-order valence-electron chi connectivity index (χ4n) is 4.05. The van der Waals surface area contributed by atoms with Crippen LogP contribution in [0.25, 0.3) is 0 Å². The SMILES string of the molecule is COC(=O)[C@H]1[C@H]([Si](C)(C)C(C)(C)C)c2ccccc2N1C(=O)OCc1ccccc1. The zero-order valence-electron chi connectivity index (χ0n) is 18.6. The van der Waals surface area contributed by atoms with Crippen molar-refractivity contribution in [3.63, 3.8) is 0 Å². The van der Waals surface area contributed by atoms with Crippen molar-refractivity contribution >= 4 is 25.8 Å². The summed E-state index contributed by atoms with van der Waals surface area (Å²) in [5, 5.41) is 0.0149. The number of carbonyl (C=O) groups is 2. The van der Waals surface area contributed by atoms with E-state index in [2.05, 4.69) is 33.9 Å². The highest BCUT2D eigenvalue weighted by Gasteiger charge is 2.56. The maximum absolute atomic E-state index is 13.2. The minimum atomic E-state index is -2.09. The van der Waals surface area contributed by atoms with Gasteiger partial charge in [0.05, 0.1) is 20.9 Å². The van der Waals surface area contributed by atoms with Gasteiger partial charge in [0.15, 0.2) is 0 Å². The third-order valence-electron chi connectivity index (χ3n) is 6.68. The quantitative estimate of drug-likeness (QED) is 0.478. The van der Waals surface area contributed by atoms with E-state index in [1.165, 1.54) is 12.0 Å². The molecule has 0 unspecified atom stereocenters. The zero-order valence-corrected chi connectivity index (χ0v) is 19.6. The van der Waals surface area contributed by atoms with Gasteiger partial charge in [-0.05, 0) is 22.2 Å². The Labute approximate surface area is 180 Å². The molecule has 2 aromatic rings. The summed E-state index contributed by atoms with van der Waals surface area (Å²) in [4.78, 5) is 27.8. The molecule has 1 aliphatic rings. The van der Waals surface area contributed by atoms with E-state index in [-0.39, 0.29) is 17.2 Å². The summed E-state index contributed by atoms with van der Waals surface area (Å²) >= 11 is 0. The van der Waals surface area contributed by atoms with Crippen LogP contribution in [-0.2, 0) is 20.9 Å². The number of amides is 1. The van der Waals surface area contributed by atoms with Gasteiger partial charge < -0.3 is 9.47 Å². The standard InChI is InChI=1S/C24H31NO4Si/c1-24(2,3)30(5,6)21-18-14-10-11-15-19(18)25(20(21)22(26)28-4)23(27)29-16-17-12-8-7-9-13-17/h7-15,20-21H,16H2,1-6H3/t20-,21-/m1/s1. The number of fused-ring (bicyclic) bond motifs is 1. The summed E-state index contributed by atoms with van der Waals surface area (Å²) in [5.74, 6) is -0.405. The van der Waals surface area contributed by atoms with Crippen molar-refractivity contribution in [2.75, 3.05) is 12.0 Å². The Hall–Kier alpha value is -2.60. The largest absolute Gasteiger partial charge is 0.467 e. The lowest BCUT2D eigenvalue weighted by Gasteiger charge is -2.44. The van der Waals surface area contributed by atoms with E-state index in [0.29, 0.717) is 0 Å². The minimum absolute atomic E-state index is 0.0149. The van der Waals surface area contributed by atoms with Crippen molar-refractivity contribution in [1.82, 2.24) is 0 Å². The molecule has 0 N–H and O–H groups in total. The number of ether oxygens (including phenoxy) is 2. The first-order valence-corrected chi connectivity index (χ1v) is 13.3. The van der Waals surface area contributed by atoms with E-state index in [0.717, 1.165) is 16.8 Å². The lowest BCUT2D eigenvalue weighted by atomic mass is 10.1. The summed E-state index contributed by atoms with van der Waals surface area (Å²) in [6.07, 6.45) is -0.525. The number of anilines is 1. The molecule has 1 heterocycles. The molecule has 0 aromatic heterocycles. The van der Waals surface area contributed by atoms with E-state index in [1.54, 1.807) is 0 Å². The van der Waals surface area contributed by atoms with Crippen LogP contribution in [0.15, 0.2) is 54.6 Å². The first-order valence-electron chi connectivity index (χ1n) is 10.3. The molecule has 1 aliphatic heterocycles. The molecule has 2 atom stereocenters. The van der Waals surface area contributed by atoms with E-state index in [9.17, 15) is 9.59 Å². The van der Waals surface area contributed by atoms with Crippen LogP contribution in [0.2, 0.25) is 18.1 Å². The Morgan fingerprint density at radius 2 is 1.60 bits per heavy atom. The molecule has 0 bridgehead atoms. The molecule has 0 aliphatic carbocycles. The zero-order chi connectivity index (χ0) is 22.1. The Morgan fingerprint density at radius 1 is 1.00 bits per heavy atom. The van der Waals surface area contributed by atoms with Gasteiger partial charge in [-0.3, -0.25) is 4.90 Å². The fourth-order valence-corrected chi connectivity index (χ4v) is 7.08. The van der Waals surface area contributed by atoms with Crippen LogP contribution in [-0.4, -0.2) is 33.3 Å². The molecular weight excluding hydrogens is 394 g/mol. The van der Waals surface area contributed by atoms with Crippen molar-refractivity contribution in [3.8, 4) is 0 Å². The second-order valence-electron chi connectivity index (χ2n) is 9.39. The Bertz CT molecular complexity index is 920. The Balaban J connectivity index is 2.03. The van der Waals surface area contributed by atoms with Crippen LogP contribution in [0.4, 0.5) is 10.5 Å². The molecule has 160 valence electrons. The molecule has 0 saturated heterocycles. The average molecular weight is 426 g/mol. The lowest BCUT2D eigenvalue weighted by molar-refractivity contribution is -0.142. The summed E-state index contributed by atoms with van der Waals surface area (Å²) in [6, 6.07) is 16.6. The number of methoxy groups -OCH3 is 1. The van der Waals surface area contributed by atoms with Gasteiger partial charge in [-0.15, -0.1) is 0 Å². The monoisotopic (exact) mass is 425 g/mol. The number of rotatable bonds is 4. The highest BCUT2D eigenvalue weighted by molar-refractivity contribution is 6.82. The predicted octanol–water partition coefficient (Wildman–Crippen LogP) is 5.52. The molecule has 30 heavy (non-hydrogen) atoms. The van der Waals surface area contributed by atoms with Gasteiger partial charge in [0.1, 0.15) is 12.6 Å². The van der Waals surface area contributed by atoms with Crippen molar-refractivity contribution in [3.05, 3.63) is 65.7 Å². The minimum Gasteiger partial charge on any atom is -0.467 e. The third kappa shape index (κ3) is 3.88. The molecule has 0 saturated carbocycles. The smallest absolute Gasteiger partial charge is 0.415 e. The van der Waals surface area contributed by atoms with Gasteiger partial charge in [-0.2, -0.15) is 0 Å². The first kappa shape index (κ1) is 22.1. The van der Waals surface area contributed by atoms with Gasteiger partial charge in [-0.25, -0.2) is 9.59 Å². The normalized spacial score (nSPS) is 18.7. The van der Waals surface area contributed by atoms with Gasteiger partial charge in [0.25, 0.3) is 0 Å². The van der Waals surface area contributed by atoms with Gasteiger partial charge in [0.2, 0.25) is 0 Å². The van der Waals surface area contributed by atoms with Crippen molar-refractivity contribution in [2.45, 2.75) is 57.1 Å². The molecule has 0 radical (unpaired) electrons. The lowest BCUT2D eigenvalue weighted by Crippen LogP contribution is -2.54. The average Bonchev–Trinajstić information content (AvgIpc) is 3.07. The second-order valence-corrected chi connectivity index (χ2v) is 15.0. The van der Waals surface area contributed by atoms with Crippen LogP contribution in [0.5, 0.6) is 0 Å². The van der Waals surface area contributed by atoms with E-state index in [4.69, 9.17) is 9.47 Å². The van der Waals surface area contributed by atoms with E-state index < -0.39 is 26.2 Å². The number of hydrogen-bond donors (Lipinski definition) is 0. The van der Waals surface area contributed by atoms with Crippen molar-refractivity contribution in [1.29, 1.82) is 0 Å². The van der Waals surface area contributed by atoms with Crippen LogP contribution >= 0.6 is 0 Å². The van der Waals surface area contributed by atoms with Crippen molar-refractivity contribution in [2.24, 2.45) is 0 Å². The molecule has 0 fully saturated rings. The Kier molecular flexibility index (Phi) is 6.08. The molecule has 2 aromatic carbocycles. The maximum Gasteiger partial charge on any atom is 0.415 e. The Morgan fingerprint density at radius 3 is 2.20 bits per heavy atom. The highest BCUT2D eigenvalue weighted by atomic mass is 28.3. The van der Waals surface area contributed by atoms with E-state index >= 15 is 0 Å². The third-order valence-corrected chi connectivity index (χ3v) is 12.7. The highest BCUT2D eigenvalue weighted by Crippen LogP contribution is 2.53. The van der Waals surface area contributed by atoms with Gasteiger partial charge >= 0.3 is 12.1 Å². The summed E-state index contributed by atoms with van der Waals surface area (Å²) in [5.41, 5.74) is 2.57. The van der Waals surface area contributed by atoms with Crippen molar-refractivity contribution < 1.29 is 19.1 Å². The maximum atomic E-state index is 13.2. The topological polar surface area (TPSA) is 55.8 Å². The molecule has 5 nitrogen and oxygen atoms in total. The number of nitrogens with zero attached hydrogens (tertiary/aromatic N) is 1. The molecule has 3 rings (SSSR count). The van der Waals surface area contributed by atoms with Gasteiger partial charge in [0, 0.05) is 5.54 Å². The molecular formula is C24H31NO4Si. The number of benzene rings is 2. The molecule has 0 spiro atoms. The summed E-state index contributed by atoms with van der Waals surface area (Å²) in [7, 11) is -0.714. The number of esters is 1.